The Hall–Kier alpha value is -4.06. The van der Waals surface area contributed by atoms with Crippen LogP contribution in [0.15, 0.2) is 78.4 Å². The van der Waals surface area contributed by atoms with Gasteiger partial charge in [0.2, 0.25) is 0 Å². The van der Waals surface area contributed by atoms with Crippen molar-refractivity contribution < 1.29 is 24.2 Å². The number of aliphatic hydroxyl groups excluding tert-OH is 1. The molecule has 3 aromatic carbocycles. The van der Waals surface area contributed by atoms with Gasteiger partial charge in [0, 0.05) is 16.8 Å². The molecule has 36 heavy (non-hydrogen) atoms. The summed E-state index contributed by atoms with van der Waals surface area (Å²) in [6.07, 6.45) is 0. The molecule has 6 nitrogen and oxygen atoms in total. The van der Waals surface area contributed by atoms with E-state index in [1.54, 1.807) is 36.4 Å². The molecule has 6 heteroatoms. The van der Waals surface area contributed by atoms with Crippen LogP contribution in [0, 0.1) is 0 Å². The molecular weight excluding hydrogens is 454 g/mol. The van der Waals surface area contributed by atoms with Gasteiger partial charge in [0.25, 0.3) is 11.7 Å². The van der Waals surface area contributed by atoms with Gasteiger partial charge in [-0.25, -0.2) is 0 Å². The molecule has 0 aliphatic carbocycles. The smallest absolute Gasteiger partial charge is 0.300 e. The Bertz CT molecular complexity index is 1300. The first kappa shape index (κ1) is 25.0. The van der Waals surface area contributed by atoms with Crippen molar-refractivity contribution in [3.8, 4) is 11.5 Å². The van der Waals surface area contributed by atoms with Gasteiger partial charge in [-0.3, -0.25) is 14.5 Å². The van der Waals surface area contributed by atoms with Gasteiger partial charge < -0.3 is 14.6 Å². The molecule has 4 rings (SSSR count). The van der Waals surface area contributed by atoms with Crippen LogP contribution in [0.4, 0.5) is 5.69 Å². The van der Waals surface area contributed by atoms with Crippen LogP contribution in [0.1, 0.15) is 50.4 Å². The van der Waals surface area contributed by atoms with Gasteiger partial charge in [-0.1, -0.05) is 51.1 Å². The molecule has 1 unspecified atom stereocenters. The lowest BCUT2D eigenvalue weighted by Crippen LogP contribution is -2.29. The fraction of sp³-hybridized carbons (Fsp3) is 0.267. The van der Waals surface area contributed by atoms with Crippen LogP contribution in [0.5, 0.6) is 11.5 Å². The lowest BCUT2D eigenvalue weighted by molar-refractivity contribution is -0.132. The van der Waals surface area contributed by atoms with E-state index in [2.05, 4.69) is 20.8 Å². The van der Waals surface area contributed by atoms with Crippen molar-refractivity contribution in [3.63, 3.8) is 0 Å². The minimum Gasteiger partial charge on any atom is -0.507 e. The number of para-hydroxylation sites is 1. The number of ether oxygens (including phenoxy) is 2. The second-order valence-corrected chi connectivity index (χ2v) is 9.67. The van der Waals surface area contributed by atoms with E-state index in [1.807, 2.05) is 43.3 Å². The molecule has 1 aliphatic heterocycles. The lowest BCUT2D eigenvalue weighted by atomic mass is 9.87. The predicted molar refractivity (Wildman–Crippen MR) is 141 cm³/mol. The zero-order chi connectivity index (χ0) is 26.0. The summed E-state index contributed by atoms with van der Waals surface area (Å²) in [7, 11) is 1.54. The molecule has 1 atom stereocenters. The highest BCUT2D eigenvalue weighted by molar-refractivity contribution is 6.51. The Balaban J connectivity index is 1.90. The summed E-state index contributed by atoms with van der Waals surface area (Å²) in [6, 6.07) is 20.7. The molecule has 3 aromatic rings. The maximum absolute atomic E-state index is 13.4. The van der Waals surface area contributed by atoms with Crippen molar-refractivity contribution in [1.29, 1.82) is 0 Å². The van der Waals surface area contributed by atoms with E-state index in [0.29, 0.717) is 34.9 Å². The normalized spacial score (nSPS) is 17.4. The second-order valence-electron chi connectivity index (χ2n) is 9.67. The second kappa shape index (κ2) is 9.90. The molecule has 1 amide bonds. The third-order valence-electron chi connectivity index (χ3n) is 6.33. The largest absolute Gasteiger partial charge is 0.507 e. The molecule has 0 spiro atoms. The SMILES string of the molecule is CCOc1ccc(/C(O)=C2\C(=O)C(=O)N(c3ccc(C(C)(C)C)cc3)C2c2ccccc2OC)cc1. The van der Waals surface area contributed by atoms with Gasteiger partial charge in [-0.15, -0.1) is 0 Å². The fourth-order valence-corrected chi connectivity index (χ4v) is 4.44. The number of ketones is 1. The Labute approximate surface area is 211 Å². The van der Waals surface area contributed by atoms with Crippen molar-refractivity contribution in [2.24, 2.45) is 0 Å². The van der Waals surface area contributed by atoms with Crippen LogP contribution in [0.25, 0.3) is 5.76 Å². The average molecular weight is 486 g/mol. The lowest BCUT2D eigenvalue weighted by Gasteiger charge is -2.27. The molecule has 1 heterocycles. The number of carbonyl (C=O) groups excluding carboxylic acids is 2. The van der Waals surface area contributed by atoms with Crippen LogP contribution in [0.2, 0.25) is 0 Å². The Kier molecular flexibility index (Phi) is 6.88. The number of hydrogen-bond donors (Lipinski definition) is 1. The maximum Gasteiger partial charge on any atom is 0.300 e. The van der Waals surface area contributed by atoms with Gasteiger partial charge in [-0.2, -0.15) is 0 Å². The van der Waals surface area contributed by atoms with Gasteiger partial charge in [0.05, 0.1) is 25.3 Å². The summed E-state index contributed by atoms with van der Waals surface area (Å²) in [4.78, 5) is 28.3. The molecule has 186 valence electrons. The van der Waals surface area contributed by atoms with Crippen molar-refractivity contribution in [2.45, 2.75) is 39.2 Å². The molecule has 1 saturated heterocycles. The van der Waals surface area contributed by atoms with Crippen LogP contribution in [-0.4, -0.2) is 30.5 Å². The van der Waals surface area contributed by atoms with Crippen molar-refractivity contribution in [1.82, 2.24) is 0 Å². The predicted octanol–water partition coefficient (Wildman–Crippen LogP) is 6.02. The summed E-state index contributed by atoms with van der Waals surface area (Å²) in [5.74, 6) is -0.548. The van der Waals surface area contributed by atoms with Gasteiger partial charge in [-0.05, 0) is 60.4 Å². The van der Waals surface area contributed by atoms with E-state index < -0.39 is 17.7 Å². The Morgan fingerprint density at radius 2 is 1.58 bits per heavy atom. The van der Waals surface area contributed by atoms with Crippen molar-refractivity contribution in [3.05, 3.63) is 95.1 Å². The number of nitrogens with zero attached hydrogens (tertiary/aromatic N) is 1. The molecule has 0 bridgehead atoms. The highest BCUT2D eigenvalue weighted by Gasteiger charge is 2.48. The minimum atomic E-state index is -0.867. The standard InChI is InChI=1S/C30H31NO5/c1-6-36-22-17-11-19(12-18-22)27(32)25-26(23-9-7-8-10-24(23)35-5)31(29(34)28(25)33)21-15-13-20(14-16-21)30(2,3)4/h7-18,26,32H,6H2,1-5H3/b27-25+. The molecular formula is C30H31NO5. The third kappa shape index (κ3) is 4.59. The topological polar surface area (TPSA) is 76.1 Å². The van der Waals surface area contributed by atoms with Gasteiger partial charge in [0.1, 0.15) is 17.3 Å². The molecule has 0 saturated carbocycles. The van der Waals surface area contributed by atoms with E-state index in [4.69, 9.17) is 9.47 Å². The molecule has 0 radical (unpaired) electrons. The summed E-state index contributed by atoms with van der Waals surface area (Å²) >= 11 is 0. The van der Waals surface area contributed by atoms with Crippen LogP contribution >= 0.6 is 0 Å². The molecule has 1 fully saturated rings. The van der Waals surface area contributed by atoms with Crippen LogP contribution < -0.4 is 14.4 Å². The number of carbonyl (C=O) groups is 2. The van der Waals surface area contributed by atoms with E-state index >= 15 is 0 Å². The summed E-state index contributed by atoms with van der Waals surface area (Å²) in [5.41, 5.74) is 2.62. The van der Waals surface area contributed by atoms with E-state index in [9.17, 15) is 14.7 Å². The van der Waals surface area contributed by atoms with E-state index in [1.165, 1.54) is 12.0 Å². The first-order valence-corrected chi connectivity index (χ1v) is 11.9. The molecule has 1 aliphatic rings. The zero-order valence-corrected chi connectivity index (χ0v) is 21.2. The first-order chi connectivity index (χ1) is 17.2. The Morgan fingerprint density at radius 3 is 2.17 bits per heavy atom. The van der Waals surface area contributed by atoms with Crippen LogP contribution in [0.3, 0.4) is 0 Å². The third-order valence-corrected chi connectivity index (χ3v) is 6.33. The number of methoxy groups -OCH3 is 1. The average Bonchev–Trinajstić information content (AvgIpc) is 3.14. The summed E-state index contributed by atoms with van der Waals surface area (Å²) < 4.78 is 11.1. The molecule has 0 aromatic heterocycles. The van der Waals surface area contributed by atoms with Crippen molar-refractivity contribution >= 4 is 23.1 Å². The molecule has 1 N–H and O–H groups in total. The zero-order valence-electron chi connectivity index (χ0n) is 21.2. The monoisotopic (exact) mass is 485 g/mol. The quantitative estimate of drug-likeness (QED) is 0.263. The van der Waals surface area contributed by atoms with E-state index in [-0.39, 0.29) is 16.7 Å². The summed E-state index contributed by atoms with van der Waals surface area (Å²) in [5, 5.41) is 11.3. The number of rotatable bonds is 6. The minimum absolute atomic E-state index is 0.00792. The maximum atomic E-state index is 13.4. The van der Waals surface area contributed by atoms with Crippen molar-refractivity contribution in [2.75, 3.05) is 18.6 Å². The fourth-order valence-electron chi connectivity index (χ4n) is 4.44. The number of benzene rings is 3. The Morgan fingerprint density at radius 1 is 0.944 bits per heavy atom. The summed E-state index contributed by atoms with van der Waals surface area (Å²) in [6.45, 7) is 8.73. The van der Waals surface area contributed by atoms with Gasteiger partial charge >= 0.3 is 0 Å². The van der Waals surface area contributed by atoms with Gasteiger partial charge in [0.15, 0.2) is 0 Å². The number of Topliss-reactive ketones (excluding diaryl/α,β-unsaturated/α-hetero) is 1. The van der Waals surface area contributed by atoms with Crippen LogP contribution in [-0.2, 0) is 15.0 Å². The highest BCUT2D eigenvalue weighted by atomic mass is 16.5. The highest BCUT2D eigenvalue weighted by Crippen LogP contribution is 2.45. The number of hydrogen-bond acceptors (Lipinski definition) is 5. The first-order valence-electron chi connectivity index (χ1n) is 11.9. The number of anilines is 1. The number of aliphatic hydroxyl groups is 1. The number of amides is 1. The van der Waals surface area contributed by atoms with E-state index in [0.717, 1.165) is 5.56 Å².